The van der Waals surface area contributed by atoms with E-state index >= 15 is 0 Å². The quantitative estimate of drug-likeness (QED) is 0.574. The van der Waals surface area contributed by atoms with Crippen molar-refractivity contribution in [2.75, 3.05) is 6.61 Å². The number of carbonyl (C=O) groups excluding carboxylic acids is 2. The number of ether oxygens (including phenoxy) is 1. The van der Waals surface area contributed by atoms with E-state index in [0.29, 0.717) is 0 Å². The van der Waals surface area contributed by atoms with Gasteiger partial charge in [0.2, 0.25) is 5.91 Å². The van der Waals surface area contributed by atoms with Gasteiger partial charge in [0, 0.05) is 0 Å². The maximum atomic E-state index is 11.8. The standard InChI is InChI=1S/C9H14N2O3/c1-5(12)6-4-14-8-3-2-7(10)11(8)9(6)13/h6-8H,2-4,10H2,1H3. The molecule has 5 heteroatoms. The number of hydrogen-bond acceptors (Lipinski definition) is 4. The van der Waals surface area contributed by atoms with Gasteiger partial charge in [-0.3, -0.25) is 9.59 Å². The maximum absolute atomic E-state index is 11.8. The Morgan fingerprint density at radius 2 is 2.29 bits per heavy atom. The van der Waals surface area contributed by atoms with Gasteiger partial charge in [-0.25, -0.2) is 0 Å². The lowest BCUT2D eigenvalue weighted by Crippen LogP contribution is -2.55. The minimum absolute atomic E-state index is 0.146. The fourth-order valence-electron chi connectivity index (χ4n) is 2.02. The molecule has 0 spiro atoms. The average molecular weight is 198 g/mol. The Morgan fingerprint density at radius 1 is 1.57 bits per heavy atom. The van der Waals surface area contributed by atoms with E-state index in [9.17, 15) is 9.59 Å². The summed E-state index contributed by atoms with van der Waals surface area (Å²) in [6, 6.07) is 0. The summed E-state index contributed by atoms with van der Waals surface area (Å²) in [6.07, 6.45) is 1.04. The summed E-state index contributed by atoms with van der Waals surface area (Å²) in [4.78, 5) is 24.4. The summed E-state index contributed by atoms with van der Waals surface area (Å²) in [5, 5.41) is 0. The zero-order chi connectivity index (χ0) is 10.3. The van der Waals surface area contributed by atoms with Crippen LogP contribution in [0, 0.1) is 5.92 Å². The first kappa shape index (κ1) is 9.61. The summed E-state index contributed by atoms with van der Waals surface area (Å²) in [5.74, 6) is -0.957. The molecule has 0 aromatic heterocycles. The molecule has 14 heavy (non-hydrogen) atoms. The molecule has 2 fully saturated rings. The predicted molar refractivity (Wildman–Crippen MR) is 48.0 cm³/mol. The van der Waals surface area contributed by atoms with Gasteiger partial charge in [0.25, 0.3) is 0 Å². The Labute approximate surface area is 82.2 Å². The van der Waals surface area contributed by atoms with Crippen LogP contribution in [-0.2, 0) is 14.3 Å². The molecule has 2 saturated heterocycles. The minimum atomic E-state index is -0.643. The van der Waals surface area contributed by atoms with E-state index in [1.165, 1.54) is 11.8 Å². The summed E-state index contributed by atoms with van der Waals surface area (Å²) in [6.45, 7) is 1.62. The minimum Gasteiger partial charge on any atom is -0.357 e. The summed E-state index contributed by atoms with van der Waals surface area (Å²) in [7, 11) is 0. The van der Waals surface area contributed by atoms with Crippen LogP contribution in [0.1, 0.15) is 19.8 Å². The Kier molecular flexibility index (Phi) is 2.28. The lowest BCUT2D eigenvalue weighted by molar-refractivity contribution is -0.170. The van der Waals surface area contributed by atoms with Crippen LogP contribution in [0.25, 0.3) is 0 Å². The SMILES string of the molecule is CC(=O)C1COC2CCC(N)N2C1=O. The molecule has 5 nitrogen and oxygen atoms in total. The van der Waals surface area contributed by atoms with Crippen molar-refractivity contribution in [1.29, 1.82) is 0 Å². The number of Topliss-reactive ketones (excluding diaryl/α,β-unsaturated/α-hetero) is 1. The lowest BCUT2D eigenvalue weighted by atomic mass is 10.0. The van der Waals surface area contributed by atoms with Gasteiger partial charge in [0.15, 0.2) is 0 Å². The highest BCUT2D eigenvalue weighted by atomic mass is 16.5. The van der Waals surface area contributed by atoms with E-state index in [1.807, 2.05) is 0 Å². The smallest absolute Gasteiger partial charge is 0.238 e. The molecular weight excluding hydrogens is 184 g/mol. The number of carbonyl (C=O) groups is 2. The molecule has 1 amide bonds. The van der Waals surface area contributed by atoms with Crippen molar-refractivity contribution in [3.8, 4) is 0 Å². The normalized spacial score (nSPS) is 37.1. The second-order valence-corrected chi connectivity index (χ2v) is 3.84. The van der Waals surface area contributed by atoms with E-state index in [0.717, 1.165) is 12.8 Å². The molecule has 2 rings (SSSR count). The van der Waals surface area contributed by atoms with Crippen LogP contribution in [-0.4, -0.2) is 35.6 Å². The van der Waals surface area contributed by atoms with Crippen LogP contribution in [0.5, 0.6) is 0 Å². The van der Waals surface area contributed by atoms with Crippen molar-refractivity contribution in [3.05, 3.63) is 0 Å². The molecule has 0 radical (unpaired) electrons. The predicted octanol–water partition coefficient (Wildman–Crippen LogP) is -0.545. The number of amides is 1. The summed E-state index contributed by atoms with van der Waals surface area (Å²) in [5.41, 5.74) is 5.76. The van der Waals surface area contributed by atoms with E-state index in [1.54, 1.807) is 0 Å². The van der Waals surface area contributed by atoms with Gasteiger partial charge < -0.3 is 15.4 Å². The first-order valence-corrected chi connectivity index (χ1v) is 4.81. The monoisotopic (exact) mass is 198 g/mol. The second-order valence-electron chi connectivity index (χ2n) is 3.84. The third-order valence-electron chi connectivity index (χ3n) is 2.88. The molecule has 3 unspecified atom stereocenters. The van der Waals surface area contributed by atoms with Crippen molar-refractivity contribution in [3.63, 3.8) is 0 Å². The molecule has 0 aromatic carbocycles. The van der Waals surface area contributed by atoms with E-state index in [4.69, 9.17) is 10.5 Å². The van der Waals surface area contributed by atoms with E-state index in [-0.39, 0.29) is 30.7 Å². The topological polar surface area (TPSA) is 72.6 Å². The number of rotatable bonds is 1. The molecule has 0 aliphatic carbocycles. The van der Waals surface area contributed by atoms with Gasteiger partial charge in [0.1, 0.15) is 17.9 Å². The van der Waals surface area contributed by atoms with Crippen molar-refractivity contribution >= 4 is 11.7 Å². The van der Waals surface area contributed by atoms with Crippen LogP contribution in [0.3, 0.4) is 0 Å². The first-order valence-electron chi connectivity index (χ1n) is 4.81. The number of ketones is 1. The molecule has 2 N–H and O–H groups in total. The van der Waals surface area contributed by atoms with E-state index in [2.05, 4.69) is 0 Å². The molecule has 0 saturated carbocycles. The number of nitrogens with two attached hydrogens (primary N) is 1. The molecule has 0 aromatic rings. The van der Waals surface area contributed by atoms with Crippen molar-refractivity contribution in [2.45, 2.75) is 32.2 Å². The Hall–Kier alpha value is -0.940. The van der Waals surface area contributed by atoms with Crippen LogP contribution < -0.4 is 5.73 Å². The molecule has 78 valence electrons. The molecule has 2 aliphatic heterocycles. The highest BCUT2D eigenvalue weighted by Gasteiger charge is 2.44. The Morgan fingerprint density at radius 3 is 2.93 bits per heavy atom. The van der Waals surface area contributed by atoms with E-state index < -0.39 is 5.92 Å². The van der Waals surface area contributed by atoms with Crippen LogP contribution in [0.2, 0.25) is 0 Å². The maximum Gasteiger partial charge on any atom is 0.238 e. The Bertz CT molecular complexity index is 279. The zero-order valence-corrected chi connectivity index (χ0v) is 8.10. The van der Waals surface area contributed by atoms with Gasteiger partial charge >= 0.3 is 0 Å². The number of hydrogen-bond donors (Lipinski definition) is 1. The fourth-order valence-corrected chi connectivity index (χ4v) is 2.02. The van der Waals surface area contributed by atoms with Gasteiger partial charge in [-0.2, -0.15) is 0 Å². The molecular formula is C9H14N2O3. The highest BCUT2D eigenvalue weighted by Crippen LogP contribution is 2.28. The first-order chi connectivity index (χ1) is 6.61. The van der Waals surface area contributed by atoms with Crippen LogP contribution in [0.15, 0.2) is 0 Å². The molecule has 3 atom stereocenters. The van der Waals surface area contributed by atoms with Gasteiger partial charge in [-0.1, -0.05) is 0 Å². The molecule has 2 heterocycles. The summed E-state index contributed by atoms with van der Waals surface area (Å²) >= 11 is 0. The van der Waals surface area contributed by atoms with Gasteiger partial charge in [-0.05, 0) is 19.8 Å². The number of nitrogens with zero attached hydrogens (tertiary/aromatic N) is 1. The third-order valence-corrected chi connectivity index (χ3v) is 2.88. The second kappa shape index (κ2) is 3.33. The van der Waals surface area contributed by atoms with Crippen LogP contribution in [0.4, 0.5) is 0 Å². The highest BCUT2D eigenvalue weighted by molar-refractivity contribution is 6.01. The molecule has 0 bridgehead atoms. The molecule has 2 aliphatic rings. The average Bonchev–Trinajstić information content (AvgIpc) is 2.48. The van der Waals surface area contributed by atoms with Crippen molar-refractivity contribution in [1.82, 2.24) is 4.90 Å². The Balaban J connectivity index is 2.18. The third kappa shape index (κ3) is 1.33. The largest absolute Gasteiger partial charge is 0.357 e. The van der Waals surface area contributed by atoms with Gasteiger partial charge in [-0.15, -0.1) is 0 Å². The summed E-state index contributed by atoms with van der Waals surface area (Å²) < 4.78 is 5.42. The fraction of sp³-hybridized carbons (Fsp3) is 0.778. The van der Waals surface area contributed by atoms with Crippen molar-refractivity contribution in [2.24, 2.45) is 11.7 Å². The number of fused-ring (bicyclic) bond motifs is 1. The van der Waals surface area contributed by atoms with Crippen molar-refractivity contribution < 1.29 is 14.3 Å². The van der Waals surface area contributed by atoms with Gasteiger partial charge in [0.05, 0.1) is 12.8 Å². The lowest BCUT2D eigenvalue weighted by Gasteiger charge is -2.35. The zero-order valence-electron chi connectivity index (χ0n) is 8.10. The van der Waals surface area contributed by atoms with Crippen LogP contribution >= 0.6 is 0 Å².